The van der Waals surface area contributed by atoms with Crippen LogP contribution in [-0.4, -0.2) is 165 Å². The van der Waals surface area contributed by atoms with Crippen LogP contribution in [0.15, 0.2) is 0 Å². The van der Waals surface area contributed by atoms with E-state index < -0.39 is 109 Å². The Hall–Kier alpha value is -2.88. The Morgan fingerprint density at radius 3 is 0.810 bits per heavy atom. The summed E-state index contributed by atoms with van der Waals surface area (Å²) in [5, 5.41) is 42.8. The molecule has 0 bridgehead atoms. The maximum atomic E-state index is 11.4. The molecule has 42 heavy (non-hydrogen) atoms. The molecule has 0 amide bonds. The molecule has 2 aliphatic rings. The minimum atomic E-state index is -1.60. The summed E-state index contributed by atoms with van der Waals surface area (Å²) in [6.45, 7) is -6.35. The normalized spacial score (nSPS) is 17.5. The van der Waals surface area contributed by atoms with E-state index in [-0.39, 0.29) is 85.4 Å². The number of carbonyl (C=O) groups is 8. The van der Waals surface area contributed by atoms with Gasteiger partial charge in [-0.3, -0.25) is 8.97 Å². The number of carboxylic acid groups (broad SMARTS) is 4. The fourth-order valence-corrected chi connectivity index (χ4v) is 3.67. The predicted octanol–water partition coefficient (Wildman–Crippen LogP) is -9.52. The van der Waals surface area contributed by atoms with Crippen molar-refractivity contribution in [3.8, 4) is 0 Å². The maximum absolute atomic E-state index is 11.4. The van der Waals surface area contributed by atoms with Crippen LogP contribution < -0.4 is 32.7 Å². The molecule has 0 unspecified atom stereocenters. The summed E-state index contributed by atoms with van der Waals surface area (Å²) in [6, 6.07) is 0. The van der Waals surface area contributed by atoms with Crippen LogP contribution in [0.1, 0.15) is 0 Å². The van der Waals surface area contributed by atoms with Crippen LogP contribution in [0.3, 0.4) is 0 Å². The zero-order valence-corrected chi connectivity index (χ0v) is 22.8. The Morgan fingerprint density at radius 1 is 0.500 bits per heavy atom. The number of carbonyl (C=O) groups excluding carboxylic acids is 8. The predicted molar refractivity (Wildman–Crippen MR) is 121 cm³/mol. The van der Waals surface area contributed by atoms with Crippen molar-refractivity contribution in [2.24, 2.45) is 0 Å². The first-order valence-electron chi connectivity index (χ1n) is 10.8. The topological polar surface area (TPSA) is 336 Å². The number of hydrogen-bond acceptors (Lipinski definition) is 18. The van der Waals surface area contributed by atoms with Crippen molar-refractivity contribution in [1.82, 2.24) is 12.3 Å². The molecular formula is C20H31FeN4NaO16-2. The quantitative estimate of drug-likeness (QED) is 0.105. The molecule has 2 fully saturated rings. The Labute approximate surface area is 271 Å². The van der Waals surface area contributed by atoms with Crippen molar-refractivity contribution in [2.75, 3.05) is 78.8 Å². The SMILES string of the molecule is N.N.O=C([O-])C[N+]1(CC(=O)[O-])CC(=O)OCCOC(=O)C1.O=C([O-])C[N+]1(CC(=O)[O-])CC(=O)OCCOC(=O)C1.[Fe].[NaH]. The molecule has 6 N–H and O–H groups in total. The van der Waals surface area contributed by atoms with E-state index >= 15 is 0 Å². The molecule has 2 heterocycles. The van der Waals surface area contributed by atoms with E-state index in [0.717, 1.165) is 0 Å². The Balaban J connectivity index is -0.000000314. The van der Waals surface area contributed by atoms with Gasteiger partial charge in [0.05, 0.1) is 23.9 Å². The number of quaternary nitrogens is 2. The molecule has 0 spiro atoms. The van der Waals surface area contributed by atoms with Crippen LogP contribution in [0, 0.1) is 0 Å². The van der Waals surface area contributed by atoms with Crippen molar-refractivity contribution < 1.29 is 104 Å². The van der Waals surface area contributed by atoms with Crippen molar-refractivity contribution in [1.29, 1.82) is 0 Å². The molecule has 0 aromatic rings. The van der Waals surface area contributed by atoms with E-state index in [2.05, 4.69) is 18.9 Å². The molecule has 2 rings (SSSR count). The zero-order valence-electron chi connectivity index (χ0n) is 21.7. The minimum absolute atomic E-state index is 0. The van der Waals surface area contributed by atoms with E-state index in [1.165, 1.54) is 0 Å². The van der Waals surface area contributed by atoms with Gasteiger partial charge < -0.3 is 70.9 Å². The fraction of sp³-hybridized carbons (Fsp3) is 0.600. The van der Waals surface area contributed by atoms with Crippen LogP contribution >= 0.6 is 0 Å². The summed E-state index contributed by atoms with van der Waals surface area (Å²) in [5.41, 5.74) is 0. The molecule has 2 aliphatic heterocycles. The molecule has 0 saturated carbocycles. The van der Waals surface area contributed by atoms with Crippen LogP contribution in [0.25, 0.3) is 0 Å². The average molecular weight is 662 g/mol. The Kier molecular flexibility index (Phi) is 23.9. The molecule has 2 saturated heterocycles. The summed E-state index contributed by atoms with van der Waals surface area (Å²) in [4.78, 5) is 88.6. The first-order valence-corrected chi connectivity index (χ1v) is 10.8. The number of aliphatic carboxylic acids is 4. The van der Waals surface area contributed by atoms with Gasteiger partial charge in [-0.1, -0.05) is 0 Å². The Bertz CT molecular complexity index is 830. The second-order valence-corrected chi connectivity index (χ2v) is 8.32. The first kappa shape index (κ1) is 46.1. The van der Waals surface area contributed by atoms with Crippen LogP contribution in [0.2, 0.25) is 0 Å². The van der Waals surface area contributed by atoms with Crippen LogP contribution in [0.4, 0.5) is 0 Å². The summed E-state index contributed by atoms with van der Waals surface area (Å²) in [7, 11) is 0. The second-order valence-electron chi connectivity index (χ2n) is 8.32. The monoisotopic (exact) mass is 662 g/mol. The van der Waals surface area contributed by atoms with Crippen molar-refractivity contribution in [2.45, 2.75) is 0 Å². The van der Waals surface area contributed by atoms with E-state index in [4.69, 9.17) is 0 Å². The number of ether oxygens (including phenoxy) is 4. The molecule has 0 aromatic carbocycles. The summed E-state index contributed by atoms with van der Waals surface area (Å²) in [6.07, 6.45) is 0. The fourth-order valence-electron chi connectivity index (χ4n) is 3.67. The summed E-state index contributed by atoms with van der Waals surface area (Å²) in [5.74, 6) is -9.66. The zero-order chi connectivity index (χ0) is 28.9. The molecule has 22 heteroatoms. The molecular weight excluding hydrogens is 631 g/mol. The van der Waals surface area contributed by atoms with Gasteiger partial charge in [0.2, 0.25) is 0 Å². The van der Waals surface area contributed by atoms with Gasteiger partial charge in [0.1, 0.15) is 52.6 Å². The average Bonchev–Trinajstić information content (AvgIpc) is 2.82. The van der Waals surface area contributed by atoms with Crippen molar-refractivity contribution in [3.63, 3.8) is 0 Å². The molecule has 0 atom stereocenters. The first-order chi connectivity index (χ1) is 17.7. The van der Waals surface area contributed by atoms with Crippen molar-refractivity contribution >= 4 is 77.3 Å². The number of hydrogen-bond donors (Lipinski definition) is 2. The van der Waals surface area contributed by atoms with Gasteiger partial charge in [-0.25, -0.2) is 19.2 Å². The van der Waals surface area contributed by atoms with Gasteiger partial charge in [-0.15, -0.1) is 0 Å². The van der Waals surface area contributed by atoms with E-state index in [0.29, 0.717) is 0 Å². The van der Waals surface area contributed by atoms with E-state index in [1.807, 2.05) is 0 Å². The summed E-state index contributed by atoms with van der Waals surface area (Å²) >= 11 is 0. The van der Waals surface area contributed by atoms with Gasteiger partial charge in [0, 0.05) is 17.1 Å². The number of esters is 4. The second kappa shape index (κ2) is 21.8. The molecule has 0 aliphatic carbocycles. The Morgan fingerprint density at radius 2 is 0.667 bits per heavy atom. The third-order valence-corrected chi connectivity index (χ3v) is 4.93. The molecule has 20 nitrogen and oxygen atoms in total. The van der Waals surface area contributed by atoms with Gasteiger partial charge in [0.25, 0.3) is 0 Å². The number of rotatable bonds is 8. The number of cyclic esters (lactones) is 4. The van der Waals surface area contributed by atoms with Gasteiger partial charge in [-0.05, 0) is 0 Å². The standard InChI is InChI=1S/2C10H13NO8.Fe.2H3N.Na.H/c2*12-7(13)3-11(4-8(14)15)5-9(16)18-1-2-19-10(17)6-11;;;;;/h2*1-6H2,(H-,12,13,14,15);;2*1H3;;/p-2. The van der Waals surface area contributed by atoms with E-state index in [1.54, 1.807) is 0 Å². The van der Waals surface area contributed by atoms with E-state index in [9.17, 15) is 58.8 Å². The van der Waals surface area contributed by atoms with Gasteiger partial charge >= 0.3 is 53.4 Å². The summed E-state index contributed by atoms with van der Waals surface area (Å²) < 4.78 is 16.9. The molecule has 238 valence electrons. The van der Waals surface area contributed by atoms with Crippen LogP contribution in [-0.2, 0) is 74.4 Å². The third kappa shape index (κ3) is 18.5. The third-order valence-electron chi connectivity index (χ3n) is 4.93. The van der Waals surface area contributed by atoms with Crippen molar-refractivity contribution in [3.05, 3.63) is 0 Å². The number of carboxylic acids is 4. The molecule has 0 radical (unpaired) electrons. The van der Waals surface area contributed by atoms with Crippen LogP contribution in [0.5, 0.6) is 0 Å². The van der Waals surface area contributed by atoms with Gasteiger partial charge in [0.15, 0.2) is 26.2 Å². The van der Waals surface area contributed by atoms with Gasteiger partial charge in [-0.2, -0.15) is 0 Å². The number of nitrogens with zero attached hydrogens (tertiary/aromatic N) is 2. The molecule has 0 aromatic heterocycles.